The topological polar surface area (TPSA) is 24.5 Å². The number of anilines is 2. The van der Waals surface area contributed by atoms with E-state index in [-0.39, 0.29) is 0 Å². The summed E-state index contributed by atoms with van der Waals surface area (Å²) < 4.78 is 5.78. The number of ether oxygens (including phenoxy) is 1. The summed E-state index contributed by atoms with van der Waals surface area (Å²) >= 11 is 0. The predicted octanol–water partition coefficient (Wildman–Crippen LogP) is 3.33. The molecule has 2 aromatic carbocycles. The van der Waals surface area contributed by atoms with Crippen LogP contribution in [0, 0.1) is 0 Å². The lowest BCUT2D eigenvalue weighted by Crippen LogP contribution is -2.24. The van der Waals surface area contributed by atoms with Crippen LogP contribution >= 0.6 is 0 Å². The Kier molecular flexibility index (Phi) is 3.88. The van der Waals surface area contributed by atoms with Crippen LogP contribution in [-0.2, 0) is 6.54 Å². The molecule has 1 aliphatic rings. The van der Waals surface area contributed by atoms with Gasteiger partial charge in [0.15, 0.2) is 0 Å². The number of hydrogen-bond acceptors (Lipinski definition) is 3. The summed E-state index contributed by atoms with van der Waals surface area (Å²) in [4.78, 5) is 2.35. The molecule has 0 aromatic heterocycles. The Morgan fingerprint density at radius 2 is 1.80 bits per heavy atom. The first kappa shape index (κ1) is 13.0. The Hall–Kier alpha value is -2.00. The number of nitrogens with zero attached hydrogens (tertiary/aromatic N) is 1. The molecule has 20 heavy (non-hydrogen) atoms. The molecular weight excluding hydrogens is 248 g/mol. The molecule has 0 atom stereocenters. The molecule has 0 radical (unpaired) electrons. The number of nitrogens with one attached hydrogen (secondary N) is 1. The zero-order valence-corrected chi connectivity index (χ0v) is 11.8. The van der Waals surface area contributed by atoms with Crippen LogP contribution in [0.2, 0.25) is 0 Å². The molecular formula is C17H20N2O. The number of rotatable bonds is 3. The maximum Gasteiger partial charge on any atom is 0.142 e. The summed E-state index contributed by atoms with van der Waals surface area (Å²) in [5.74, 6) is 0.951. The van der Waals surface area contributed by atoms with Crippen molar-refractivity contribution in [1.29, 1.82) is 0 Å². The molecule has 0 aliphatic carbocycles. The largest absolute Gasteiger partial charge is 0.492 e. The lowest BCUT2D eigenvalue weighted by molar-refractivity contribution is 0.341. The maximum absolute atomic E-state index is 5.78. The van der Waals surface area contributed by atoms with Gasteiger partial charge in [0.2, 0.25) is 0 Å². The zero-order valence-electron chi connectivity index (χ0n) is 11.8. The Balaban J connectivity index is 2.05. The Morgan fingerprint density at radius 3 is 2.65 bits per heavy atom. The predicted molar refractivity (Wildman–Crippen MR) is 82.8 cm³/mol. The molecule has 0 spiro atoms. The number of fused-ring (bicyclic) bond motifs is 1. The van der Waals surface area contributed by atoms with Gasteiger partial charge in [0.25, 0.3) is 0 Å². The highest BCUT2D eigenvalue weighted by molar-refractivity contribution is 5.71. The first-order valence-electron chi connectivity index (χ1n) is 7.18. The minimum Gasteiger partial charge on any atom is -0.492 e. The van der Waals surface area contributed by atoms with Gasteiger partial charge in [-0.15, -0.1) is 0 Å². The molecule has 1 aliphatic heterocycles. The fraction of sp³-hybridized carbons (Fsp3) is 0.294. The third-order valence-electron chi connectivity index (χ3n) is 3.57. The molecule has 0 saturated heterocycles. The summed E-state index contributed by atoms with van der Waals surface area (Å²) in [6, 6.07) is 16.8. The van der Waals surface area contributed by atoms with Crippen molar-refractivity contribution >= 4 is 11.4 Å². The molecule has 0 fully saturated rings. The highest BCUT2D eigenvalue weighted by atomic mass is 16.5. The minimum absolute atomic E-state index is 0.685. The van der Waals surface area contributed by atoms with Crippen LogP contribution in [0.4, 0.5) is 11.4 Å². The van der Waals surface area contributed by atoms with Crippen LogP contribution in [0.3, 0.4) is 0 Å². The van der Waals surface area contributed by atoms with E-state index in [9.17, 15) is 0 Å². The van der Waals surface area contributed by atoms with Gasteiger partial charge in [-0.05, 0) is 30.7 Å². The normalized spacial score (nSPS) is 14.6. The summed E-state index contributed by atoms with van der Waals surface area (Å²) in [6.45, 7) is 5.54. The molecule has 0 amide bonds. The van der Waals surface area contributed by atoms with Crippen molar-refractivity contribution in [2.24, 2.45) is 0 Å². The lowest BCUT2D eigenvalue weighted by Gasteiger charge is -2.26. The van der Waals surface area contributed by atoms with Crippen molar-refractivity contribution in [3.8, 4) is 5.75 Å². The smallest absolute Gasteiger partial charge is 0.142 e. The van der Waals surface area contributed by atoms with E-state index in [1.165, 1.54) is 11.3 Å². The van der Waals surface area contributed by atoms with Gasteiger partial charge >= 0.3 is 0 Å². The number of para-hydroxylation sites is 3. The van der Waals surface area contributed by atoms with Crippen molar-refractivity contribution in [3.05, 3.63) is 54.1 Å². The van der Waals surface area contributed by atoms with E-state index >= 15 is 0 Å². The highest BCUT2D eigenvalue weighted by Gasteiger charge is 2.18. The molecule has 1 heterocycles. The van der Waals surface area contributed by atoms with Crippen molar-refractivity contribution in [2.45, 2.75) is 13.5 Å². The third-order valence-corrected chi connectivity index (χ3v) is 3.57. The van der Waals surface area contributed by atoms with Gasteiger partial charge in [-0.3, -0.25) is 0 Å². The van der Waals surface area contributed by atoms with Gasteiger partial charge < -0.3 is 15.0 Å². The summed E-state index contributed by atoms with van der Waals surface area (Å²) in [7, 11) is 0. The molecule has 0 bridgehead atoms. The van der Waals surface area contributed by atoms with Crippen LogP contribution in [0.15, 0.2) is 48.5 Å². The lowest BCUT2D eigenvalue weighted by atomic mass is 10.1. The third kappa shape index (κ3) is 2.49. The van der Waals surface area contributed by atoms with Gasteiger partial charge in [-0.2, -0.15) is 0 Å². The second-order valence-electron chi connectivity index (χ2n) is 4.86. The second-order valence-corrected chi connectivity index (χ2v) is 4.86. The monoisotopic (exact) mass is 268 g/mol. The first-order chi connectivity index (χ1) is 9.90. The molecule has 3 nitrogen and oxygen atoms in total. The Morgan fingerprint density at radius 1 is 1.05 bits per heavy atom. The summed E-state index contributed by atoms with van der Waals surface area (Å²) in [5.41, 5.74) is 3.74. The summed E-state index contributed by atoms with van der Waals surface area (Å²) in [6.07, 6.45) is 0. The van der Waals surface area contributed by atoms with Gasteiger partial charge in [0.05, 0.1) is 12.3 Å². The van der Waals surface area contributed by atoms with E-state index in [0.29, 0.717) is 6.61 Å². The Labute approximate surface area is 120 Å². The van der Waals surface area contributed by atoms with Gasteiger partial charge in [0.1, 0.15) is 5.75 Å². The standard InChI is InChI=1S/C17H20N2O/c1-2-20-17-10-6-5-9-16(17)19-12-11-18-13-14-7-3-4-8-15(14)19/h3-10,18H,2,11-13H2,1H3. The van der Waals surface area contributed by atoms with Crippen LogP contribution < -0.4 is 15.0 Å². The first-order valence-corrected chi connectivity index (χ1v) is 7.18. The molecule has 2 aromatic rings. The van der Waals surface area contributed by atoms with E-state index < -0.39 is 0 Å². The number of hydrogen-bond donors (Lipinski definition) is 1. The van der Waals surface area contributed by atoms with Crippen molar-refractivity contribution in [1.82, 2.24) is 5.32 Å². The van der Waals surface area contributed by atoms with E-state index in [1.54, 1.807) is 0 Å². The van der Waals surface area contributed by atoms with Crippen molar-refractivity contribution in [3.63, 3.8) is 0 Å². The average molecular weight is 268 g/mol. The molecule has 1 N–H and O–H groups in total. The van der Waals surface area contributed by atoms with Crippen LogP contribution in [0.25, 0.3) is 0 Å². The molecule has 104 valence electrons. The maximum atomic E-state index is 5.78. The molecule has 0 saturated carbocycles. The van der Waals surface area contributed by atoms with Gasteiger partial charge in [-0.1, -0.05) is 30.3 Å². The zero-order chi connectivity index (χ0) is 13.8. The molecule has 3 heteroatoms. The number of benzene rings is 2. The van der Waals surface area contributed by atoms with Crippen molar-refractivity contribution < 1.29 is 4.74 Å². The van der Waals surface area contributed by atoms with Gasteiger partial charge in [0, 0.05) is 25.3 Å². The van der Waals surface area contributed by atoms with Crippen LogP contribution in [-0.4, -0.2) is 19.7 Å². The fourth-order valence-corrected chi connectivity index (χ4v) is 2.67. The van der Waals surface area contributed by atoms with E-state index in [0.717, 1.165) is 31.1 Å². The average Bonchev–Trinajstić information content (AvgIpc) is 2.71. The van der Waals surface area contributed by atoms with Crippen molar-refractivity contribution in [2.75, 3.05) is 24.6 Å². The molecule has 0 unspecified atom stereocenters. The van der Waals surface area contributed by atoms with Crippen LogP contribution in [0.5, 0.6) is 5.75 Å². The summed E-state index contributed by atoms with van der Waals surface area (Å²) in [5, 5.41) is 3.47. The van der Waals surface area contributed by atoms with Crippen LogP contribution in [0.1, 0.15) is 12.5 Å². The van der Waals surface area contributed by atoms with E-state index in [4.69, 9.17) is 4.74 Å². The quantitative estimate of drug-likeness (QED) is 0.924. The highest BCUT2D eigenvalue weighted by Crippen LogP contribution is 2.35. The van der Waals surface area contributed by atoms with E-state index in [1.807, 2.05) is 19.1 Å². The minimum atomic E-state index is 0.685. The van der Waals surface area contributed by atoms with E-state index in [2.05, 4.69) is 46.6 Å². The SMILES string of the molecule is CCOc1ccccc1N1CCNCc2ccccc21. The Bertz CT molecular complexity index is 583. The second kappa shape index (κ2) is 5.97. The molecule has 3 rings (SSSR count). The fourth-order valence-electron chi connectivity index (χ4n) is 2.67. The van der Waals surface area contributed by atoms with Gasteiger partial charge in [-0.25, -0.2) is 0 Å².